The van der Waals surface area contributed by atoms with Gasteiger partial charge in [0.2, 0.25) is 0 Å². The molecule has 0 saturated carbocycles. The number of carbonyl (C=O) groups excluding carboxylic acids is 1. The average Bonchev–Trinajstić information content (AvgIpc) is 3.49. The molecule has 1 amide bonds. The third kappa shape index (κ3) is 4.44. The number of rotatable bonds is 7. The number of hydrogen-bond acceptors (Lipinski definition) is 4. The second-order valence-corrected chi connectivity index (χ2v) is 9.05. The first kappa shape index (κ1) is 21.2. The highest BCUT2D eigenvalue weighted by Gasteiger charge is 2.21. The number of hydrogen-bond donors (Lipinski definition) is 4. The molecule has 5 rings (SSSR count). The van der Waals surface area contributed by atoms with Crippen molar-refractivity contribution in [2.45, 2.75) is 44.2 Å². The van der Waals surface area contributed by atoms with Gasteiger partial charge in [0.25, 0.3) is 5.91 Å². The van der Waals surface area contributed by atoms with Crippen LogP contribution in [-0.4, -0.2) is 43.2 Å². The van der Waals surface area contributed by atoms with Crippen LogP contribution in [0.4, 0.5) is 0 Å². The number of nitrogens with two attached hydrogens (primary N) is 1. The predicted molar refractivity (Wildman–Crippen MR) is 128 cm³/mol. The maximum absolute atomic E-state index is 12.3. The van der Waals surface area contributed by atoms with E-state index in [1.54, 1.807) is 0 Å². The fourth-order valence-corrected chi connectivity index (χ4v) is 5.13. The maximum atomic E-state index is 12.3. The monoisotopic (exact) mass is 432 g/mol. The Labute approximate surface area is 188 Å². The molecule has 1 atom stereocenters. The van der Waals surface area contributed by atoms with E-state index in [-0.39, 0.29) is 0 Å². The smallest absolute Gasteiger partial charge is 0.250 e. The second-order valence-electron chi connectivity index (χ2n) is 9.05. The van der Waals surface area contributed by atoms with E-state index in [1.165, 1.54) is 11.1 Å². The lowest BCUT2D eigenvalue weighted by molar-refractivity contribution is 0.100. The van der Waals surface area contributed by atoms with Crippen LogP contribution in [0.1, 0.15) is 53.1 Å². The molecule has 1 aromatic heterocycles. The highest BCUT2D eigenvalue weighted by atomic mass is 16.5. The fraction of sp³-hybridized carbons (Fsp3) is 0.423. The molecule has 3 aromatic rings. The van der Waals surface area contributed by atoms with Gasteiger partial charge in [0, 0.05) is 31.3 Å². The summed E-state index contributed by atoms with van der Waals surface area (Å²) >= 11 is 0. The Morgan fingerprint density at radius 3 is 2.78 bits per heavy atom. The first-order chi connectivity index (χ1) is 15.7. The molecule has 1 unspecified atom stereocenters. The van der Waals surface area contributed by atoms with E-state index in [0.29, 0.717) is 17.6 Å². The molecule has 168 valence electrons. The maximum Gasteiger partial charge on any atom is 0.250 e. The lowest BCUT2D eigenvalue weighted by atomic mass is 9.88. The highest BCUT2D eigenvalue weighted by molar-refractivity contribution is 6.07. The molecule has 2 aromatic carbocycles. The van der Waals surface area contributed by atoms with Gasteiger partial charge < -0.3 is 26.1 Å². The van der Waals surface area contributed by atoms with Crippen molar-refractivity contribution < 1.29 is 9.53 Å². The number of carbonyl (C=O) groups is 1. The van der Waals surface area contributed by atoms with Gasteiger partial charge in [-0.25, -0.2) is 0 Å². The largest absolute Gasteiger partial charge is 0.377 e. The Hall–Kier alpha value is -2.67. The molecule has 32 heavy (non-hydrogen) atoms. The molecule has 3 heterocycles. The van der Waals surface area contributed by atoms with E-state index in [0.717, 1.165) is 80.5 Å². The van der Waals surface area contributed by atoms with Crippen LogP contribution in [0.5, 0.6) is 0 Å². The number of aromatic amines is 1. The lowest BCUT2D eigenvalue weighted by Gasteiger charge is -2.22. The van der Waals surface area contributed by atoms with Crippen LogP contribution in [0.2, 0.25) is 0 Å². The van der Waals surface area contributed by atoms with Gasteiger partial charge in [0.15, 0.2) is 0 Å². The minimum absolute atomic E-state index is 0.334. The molecule has 0 bridgehead atoms. The van der Waals surface area contributed by atoms with Crippen LogP contribution in [0.15, 0.2) is 42.6 Å². The Morgan fingerprint density at radius 2 is 2.00 bits per heavy atom. The van der Waals surface area contributed by atoms with E-state index >= 15 is 0 Å². The Balaban J connectivity index is 1.44. The van der Waals surface area contributed by atoms with Gasteiger partial charge in [0.05, 0.1) is 17.2 Å². The zero-order valence-electron chi connectivity index (χ0n) is 18.5. The summed E-state index contributed by atoms with van der Waals surface area (Å²) in [5.41, 5.74) is 11.8. The van der Waals surface area contributed by atoms with Crippen LogP contribution >= 0.6 is 0 Å². The van der Waals surface area contributed by atoms with Crippen LogP contribution in [0, 0.1) is 0 Å². The number of ether oxygens (including phenoxy) is 1. The van der Waals surface area contributed by atoms with Crippen molar-refractivity contribution in [3.8, 4) is 11.1 Å². The summed E-state index contributed by atoms with van der Waals surface area (Å²) in [6, 6.07) is 12.7. The number of aromatic nitrogens is 1. The zero-order valence-corrected chi connectivity index (χ0v) is 18.5. The molecule has 0 spiro atoms. The van der Waals surface area contributed by atoms with Gasteiger partial charge in [-0.1, -0.05) is 18.2 Å². The fourth-order valence-electron chi connectivity index (χ4n) is 5.13. The minimum Gasteiger partial charge on any atom is -0.377 e. The standard InChI is InChI=1S/C26H32N4O2/c27-26(31)23-13-20(12-22-24(16-30-25(22)23)18-6-8-28-9-7-18)19-4-1-3-17(11-19)14-29-15-21-5-2-10-32-21/h1,3-4,11-13,16,18,21,28-30H,2,5-10,14-15H2,(H2,27,31). The summed E-state index contributed by atoms with van der Waals surface area (Å²) in [6.07, 6.45) is 6.91. The van der Waals surface area contributed by atoms with Gasteiger partial charge >= 0.3 is 0 Å². The predicted octanol–water partition coefficient (Wildman–Crippen LogP) is 3.67. The molecular weight excluding hydrogens is 400 g/mol. The average molecular weight is 433 g/mol. The SMILES string of the molecule is NC(=O)c1cc(-c2cccc(CNCC3CCCO3)c2)cc2c(C3CCNCC3)c[nH]c12. The van der Waals surface area contributed by atoms with Crippen LogP contribution in [0.25, 0.3) is 22.0 Å². The van der Waals surface area contributed by atoms with Crippen LogP contribution in [0.3, 0.4) is 0 Å². The molecule has 2 aliphatic heterocycles. The lowest BCUT2D eigenvalue weighted by Crippen LogP contribution is -2.26. The van der Waals surface area contributed by atoms with Gasteiger partial charge in [-0.15, -0.1) is 0 Å². The van der Waals surface area contributed by atoms with Crippen molar-refractivity contribution in [3.05, 3.63) is 59.3 Å². The van der Waals surface area contributed by atoms with E-state index in [9.17, 15) is 4.79 Å². The third-order valence-corrected chi connectivity index (χ3v) is 6.85. The molecule has 6 nitrogen and oxygen atoms in total. The van der Waals surface area contributed by atoms with Crippen molar-refractivity contribution in [2.24, 2.45) is 5.73 Å². The number of nitrogens with one attached hydrogen (secondary N) is 3. The summed E-state index contributed by atoms with van der Waals surface area (Å²) in [5.74, 6) is 0.0965. The van der Waals surface area contributed by atoms with Crippen molar-refractivity contribution in [2.75, 3.05) is 26.2 Å². The van der Waals surface area contributed by atoms with Gasteiger partial charge in [-0.3, -0.25) is 4.79 Å². The van der Waals surface area contributed by atoms with Gasteiger partial charge in [-0.05, 0) is 85.1 Å². The van der Waals surface area contributed by atoms with Crippen molar-refractivity contribution >= 4 is 16.8 Å². The molecule has 5 N–H and O–H groups in total. The molecule has 2 saturated heterocycles. The third-order valence-electron chi connectivity index (χ3n) is 6.85. The molecular formula is C26H32N4O2. The summed E-state index contributed by atoms with van der Waals surface area (Å²) in [5, 5.41) is 8.07. The number of primary amides is 1. The number of benzene rings is 2. The molecule has 0 aliphatic carbocycles. The Kier molecular flexibility index (Phi) is 6.26. The Bertz CT molecular complexity index is 1090. The molecule has 2 fully saturated rings. The van der Waals surface area contributed by atoms with Crippen molar-refractivity contribution in [1.82, 2.24) is 15.6 Å². The first-order valence-electron chi connectivity index (χ1n) is 11.8. The van der Waals surface area contributed by atoms with Gasteiger partial charge in [-0.2, -0.15) is 0 Å². The normalized spacial score (nSPS) is 19.6. The van der Waals surface area contributed by atoms with Crippen molar-refractivity contribution in [1.29, 1.82) is 0 Å². The quantitative estimate of drug-likeness (QED) is 0.458. The number of piperidine rings is 1. The summed E-state index contributed by atoms with van der Waals surface area (Å²) < 4.78 is 5.70. The van der Waals surface area contributed by atoms with Crippen molar-refractivity contribution in [3.63, 3.8) is 0 Å². The van der Waals surface area contributed by atoms with Crippen LogP contribution < -0.4 is 16.4 Å². The highest BCUT2D eigenvalue weighted by Crippen LogP contribution is 2.35. The van der Waals surface area contributed by atoms with Gasteiger partial charge in [0.1, 0.15) is 0 Å². The van der Waals surface area contributed by atoms with E-state index in [1.807, 2.05) is 6.07 Å². The topological polar surface area (TPSA) is 92.2 Å². The molecule has 2 aliphatic rings. The van der Waals surface area contributed by atoms with E-state index in [2.05, 4.69) is 52.1 Å². The number of H-pyrrole nitrogens is 1. The number of fused-ring (bicyclic) bond motifs is 1. The molecule has 0 radical (unpaired) electrons. The Morgan fingerprint density at radius 1 is 1.12 bits per heavy atom. The minimum atomic E-state index is -0.398. The van der Waals surface area contributed by atoms with Crippen LogP contribution in [-0.2, 0) is 11.3 Å². The summed E-state index contributed by atoms with van der Waals surface area (Å²) in [4.78, 5) is 15.6. The first-order valence-corrected chi connectivity index (χ1v) is 11.8. The summed E-state index contributed by atoms with van der Waals surface area (Å²) in [7, 11) is 0. The summed E-state index contributed by atoms with van der Waals surface area (Å²) in [6.45, 7) is 4.61. The van der Waals surface area contributed by atoms with E-state index in [4.69, 9.17) is 10.5 Å². The number of amides is 1. The molecule has 6 heteroatoms. The van der Waals surface area contributed by atoms with E-state index < -0.39 is 5.91 Å². The second kappa shape index (κ2) is 9.45. The zero-order chi connectivity index (χ0) is 21.9.